The molecule has 1 N–H and O–H groups in total. The Bertz CT molecular complexity index is 591. The second kappa shape index (κ2) is 7.04. The number of hydrogen-bond acceptors (Lipinski definition) is 6. The molecule has 0 saturated heterocycles. The number of hydrogen-bond donors (Lipinski definition) is 1. The lowest BCUT2D eigenvalue weighted by molar-refractivity contribution is -0.136. The molecule has 0 unspecified atom stereocenters. The Morgan fingerprint density at radius 2 is 1.90 bits per heavy atom. The van der Waals surface area contributed by atoms with Gasteiger partial charge in [0.25, 0.3) is 0 Å². The van der Waals surface area contributed by atoms with Crippen LogP contribution in [0, 0.1) is 3.57 Å². The Kier molecular flexibility index (Phi) is 5.68. The lowest BCUT2D eigenvalue weighted by Gasteiger charge is -2.09. The zero-order valence-electron chi connectivity index (χ0n) is 10.7. The van der Waals surface area contributed by atoms with E-state index in [2.05, 4.69) is 9.47 Å². The molecule has 0 radical (unpaired) electrons. The maximum Gasteiger partial charge on any atom is 0.338 e. The molecule has 0 aliphatic rings. The number of halogens is 1. The van der Waals surface area contributed by atoms with E-state index < -0.39 is 11.9 Å². The fourth-order valence-electron chi connectivity index (χ4n) is 1.41. The smallest absolute Gasteiger partial charge is 0.338 e. The summed E-state index contributed by atoms with van der Waals surface area (Å²) in [4.78, 5) is 33.9. The van der Waals surface area contributed by atoms with E-state index in [0.29, 0.717) is 9.86 Å². The summed E-state index contributed by atoms with van der Waals surface area (Å²) in [6, 6.07) is 2.74. The van der Waals surface area contributed by atoms with E-state index in [9.17, 15) is 19.5 Å². The predicted molar refractivity (Wildman–Crippen MR) is 78.2 cm³/mol. The first-order valence-electron chi connectivity index (χ1n) is 5.30. The number of aldehydes is 1. The van der Waals surface area contributed by atoms with Gasteiger partial charge in [-0.1, -0.05) is 0 Å². The number of benzene rings is 1. The predicted octanol–water partition coefficient (Wildman–Crippen LogP) is 1.54. The molecule has 6 nitrogen and oxygen atoms in total. The molecule has 0 aliphatic heterocycles. The molecule has 1 aromatic rings. The van der Waals surface area contributed by atoms with Gasteiger partial charge in [0.1, 0.15) is 5.75 Å². The van der Waals surface area contributed by atoms with Gasteiger partial charge >= 0.3 is 11.9 Å². The maximum atomic E-state index is 11.7. The Hall–Kier alpha value is -1.90. The number of carbonyl (C=O) groups excluding carboxylic acids is 3. The topological polar surface area (TPSA) is 89.9 Å². The highest BCUT2D eigenvalue weighted by atomic mass is 127. The minimum Gasteiger partial charge on any atom is -0.506 e. The van der Waals surface area contributed by atoms with E-state index in [4.69, 9.17) is 0 Å². The van der Waals surface area contributed by atoms with E-state index in [0.717, 1.165) is 6.08 Å². The zero-order chi connectivity index (χ0) is 15.3. The fourth-order valence-corrected chi connectivity index (χ4v) is 2.06. The van der Waals surface area contributed by atoms with Crippen molar-refractivity contribution in [3.63, 3.8) is 0 Å². The van der Waals surface area contributed by atoms with Gasteiger partial charge in [-0.05, 0) is 40.3 Å². The third kappa shape index (κ3) is 3.56. The van der Waals surface area contributed by atoms with Crippen LogP contribution in [-0.4, -0.2) is 37.6 Å². The molecular weight excluding hydrogens is 379 g/mol. The lowest BCUT2D eigenvalue weighted by atomic mass is 10.0. The van der Waals surface area contributed by atoms with Crippen molar-refractivity contribution in [3.05, 3.63) is 32.9 Å². The highest BCUT2D eigenvalue weighted by Gasteiger charge is 2.18. The van der Waals surface area contributed by atoms with Crippen molar-refractivity contribution in [1.29, 1.82) is 0 Å². The van der Waals surface area contributed by atoms with Gasteiger partial charge in [0.15, 0.2) is 6.29 Å². The van der Waals surface area contributed by atoms with Crippen molar-refractivity contribution >= 4 is 46.4 Å². The summed E-state index contributed by atoms with van der Waals surface area (Å²) in [5.74, 6) is -1.68. The Labute approximate surface area is 128 Å². The summed E-state index contributed by atoms with van der Waals surface area (Å²) in [5.41, 5.74) is 0.207. The summed E-state index contributed by atoms with van der Waals surface area (Å²) in [5, 5.41) is 9.66. The van der Waals surface area contributed by atoms with E-state index in [-0.39, 0.29) is 22.4 Å². The first kappa shape index (κ1) is 16.2. The van der Waals surface area contributed by atoms with Gasteiger partial charge in [0.2, 0.25) is 0 Å². The molecule has 0 atom stereocenters. The molecule has 0 fully saturated rings. The molecule has 0 bridgehead atoms. The normalized spacial score (nSPS) is 10.8. The van der Waals surface area contributed by atoms with Crippen LogP contribution in [0.2, 0.25) is 0 Å². The van der Waals surface area contributed by atoms with Crippen molar-refractivity contribution < 1.29 is 29.0 Å². The second-order valence-corrected chi connectivity index (χ2v) is 4.75. The summed E-state index contributed by atoms with van der Waals surface area (Å²) >= 11 is 1.81. The first-order valence-corrected chi connectivity index (χ1v) is 6.38. The van der Waals surface area contributed by atoms with E-state index in [1.807, 2.05) is 0 Å². The number of carbonyl (C=O) groups is 3. The molecule has 0 heterocycles. The van der Waals surface area contributed by atoms with Crippen molar-refractivity contribution in [2.75, 3.05) is 14.2 Å². The molecule has 0 spiro atoms. The van der Waals surface area contributed by atoms with Crippen LogP contribution in [0.5, 0.6) is 5.75 Å². The van der Waals surface area contributed by atoms with Crippen molar-refractivity contribution in [2.45, 2.75) is 0 Å². The van der Waals surface area contributed by atoms with Crippen LogP contribution in [0.15, 0.2) is 18.2 Å². The van der Waals surface area contributed by atoms with Crippen LogP contribution in [-0.2, 0) is 19.1 Å². The molecule has 0 aromatic heterocycles. The van der Waals surface area contributed by atoms with Crippen LogP contribution >= 0.6 is 22.6 Å². The van der Waals surface area contributed by atoms with Crippen molar-refractivity contribution in [1.82, 2.24) is 0 Å². The van der Waals surface area contributed by atoms with E-state index in [1.165, 1.54) is 26.4 Å². The molecule has 0 aliphatic carbocycles. The van der Waals surface area contributed by atoms with E-state index in [1.54, 1.807) is 22.6 Å². The van der Waals surface area contributed by atoms with Crippen LogP contribution in [0.4, 0.5) is 0 Å². The third-order valence-corrected chi connectivity index (χ3v) is 3.22. The average Bonchev–Trinajstić information content (AvgIpc) is 2.46. The summed E-state index contributed by atoms with van der Waals surface area (Å²) in [6.45, 7) is 0. The van der Waals surface area contributed by atoms with Gasteiger partial charge in [-0.3, -0.25) is 4.79 Å². The van der Waals surface area contributed by atoms with Gasteiger partial charge in [-0.25, -0.2) is 9.59 Å². The molecule has 20 heavy (non-hydrogen) atoms. The number of rotatable bonds is 4. The zero-order valence-corrected chi connectivity index (χ0v) is 12.8. The molecule has 0 amide bonds. The first-order chi connectivity index (χ1) is 9.44. The van der Waals surface area contributed by atoms with E-state index >= 15 is 0 Å². The van der Waals surface area contributed by atoms with Crippen LogP contribution in [0.1, 0.15) is 15.9 Å². The second-order valence-electron chi connectivity index (χ2n) is 3.59. The number of ether oxygens (including phenoxy) is 2. The highest BCUT2D eigenvalue weighted by molar-refractivity contribution is 14.1. The Morgan fingerprint density at radius 3 is 2.40 bits per heavy atom. The summed E-state index contributed by atoms with van der Waals surface area (Å²) in [7, 11) is 2.34. The van der Waals surface area contributed by atoms with Crippen LogP contribution in [0.3, 0.4) is 0 Å². The minimum atomic E-state index is -0.756. The number of methoxy groups -OCH3 is 2. The molecule has 0 saturated carbocycles. The standard InChI is InChI=1S/C13H11IO6/c1-19-11(16)5-9(13(18)20-2)7-3-8(6-15)12(17)10(14)4-7/h3-6,17H,1-2H3/b9-5+. The quantitative estimate of drug-likeness (QED) is 0.363. The molecular formula is C13H11IO6. The molecule has 1 aromatic carbocycles. The van der Waals surface area contributed by atoms with Gasteiger partial charge in [0, 0.05) is 6.08 Å². The SMILES string of the molecule is COC(=O)/C=C(/C(=O)OC)c1cc(I)c(O)c(C=O)c1. The maximum absolute atomic E-state index is 11.7. The van der Waals surface area contributed by atoms with Gasteiger partial charge in [0.05, 0.1) is 28.9 Å². The van der Waals surface area contributed by atoms with Crippen LogP contribution < -0.4 is 0 Å². The molecule has 106 valence electrons. The van der Waals surface area contributed by atoms with Gasteiger partial charge in [-0.15, -0.1) is 0 Å². The Balaban J connectivity index is 3.46. The highest BCUT2D eigenvalue weighted by Crippen LogP contribution is 2.28. The summed E-state index contributed by atoms with van der Waals surface area (Å²) in [6.07, 6.45) is 1.41. The van der Waals surface area contributed by atoms with Crippen molar-refractivity contribution in [2.24, 2.45) is 0 Å². The Morgan fingerprint density at radius 1 is 1.25 bits per heavy atom. The third-order valence-electron chi connectivity index (χ3n) is 2.40. The van der Waals surface area contributed by atoms with Gasteiger partial charge in [-0.2, -0.15) is 0 Å². The minimum absolute atomic E-state index is 0.00608. The van der Waals surface area contributed by atoms with Gasteiger partial charge < -0.3 is 14.6 Å². The number of esters is 2. The van der Waals surface area contributed by atoms with Crippen molar-refractivity contribution in [3.8, 4) is 5.75 Å². The molecule has 1 rings (SSSR count). The average molecular weight is 390 g/mol. The fraction of sp³-hybridized carbons (Fsp3) is 0.154. The largest absolute Gasteiger partial charge is 0.506 e. The monoisotopic (exact) mass is 390 g/mol. The number of phenolic OH excluding ortho intramolecular Hbond substituents is 1. The summed E-state index contributed by atoms with van der Waals surface area (Å²) < 4.78 is 9.41. The lowest BCUT2D eigenvalue weighted by Crippen LogP contribution is -2.08. The molecule has 7 heteroatoms. The number of aromatic hydroxyl groups is 1. The van der Waals surface area contributed by atoms with Crippen LogP contribution in [0.25, 0.3) is 5.57 Å². The number of phenols is 1.